The third-order valence-electron chi connectivity index (χ3n) is 5.83. The van der Waals surface area contributed by atoms with Crippen LogP contribution >= 0.6 is 22.9 Å². The van der Waals surface area contributed by atoms with Gasteiger partial charge in [-0.1, -0.05) is 65.4 Å². The van der Waals surface area contributed by atoms with Crippen LogP contribution in [0.1, 0.15) is 22.6 Å². The summed E-state index contributed by atoms with van der Waals surface area (Å²) in [6, 6.07) is 24.8. The van der Waals surface area contributed by atoms with Crippen molar-refractivity contribution in [3.8, 4) is 11.5 Å². The maximum Gasteiger partial charge on any atom is 0.241 e. The van der Waals surface area contributed by atoms with E-state index in [1.165, 1.54) is 11.3 Å². The lowest BCUT2D eigenvalue weighted by Crippen LogP contribution is -2.36. The molecule has 1 amide bonds. The van der Waals surface area contributed by atoms with Gasteiger partial charge in [-0.3, -0.25) is 14.7 Å². The van der Waals surface area contributed by atoms with Crippen LogP contribution in [0.15, 0.2) is 91.3 Å². The molecule has 5 aromatic rings. The van der Waals surface area contributed by atoms with Crippen molar-refractivity contribution in [3.63, 3.8) is 0 Å². The number of thiazole rings is 1. The second-order valence-electron chi connectivity index (χ2n) is 8.00. The molecule has 5 nitrogen and oxygen atoms in total. The summed E-state index contributed by atoms with van der Waals surface area (Å²) in [7, 11) is 0. The number of aromatic nitrogens is 2. The molecular formula is C27H18ClN3O2S. The van der Waals surface area contributed by atoms with E-state index in [0.29, 0.717) is 28.2 Å². The molecular weight excluding hydrogens is 466 g/mol. The number of carbonyl (C=O) groups excluding carboxylic acids is 1. The van der Waals surface area contributed by atoms with Crippen LogP contribution in [0, 0.1) is 0 Å². The standard InChI is InChI=1S/C27H18ClN3O2S/c28-18-11-12-21-24(14-18)34-27(30-21)31(16-17-6-5-13-29-15-17)26(32)25-19-7-1-3-9-22(19)33-23-10-4-2-8-20(23)25/h1-15,25H,16H2. The van der Waals surface area contributed by atoms with E-state index in [4.69, 9.17) is 21.3 Å². The van der Waals surface area contributed by atoms with Crippen molar-refractivity contribution in [2.45, 2.75) is 12.5 Å². The van der Waals surface area contributed by atoms with Crippen LogP contribution in [0.2, 0.25) is 5.02 Å². The van der Waals surface area contributed by atoms with Gasteiger partial charge in [-0.05, 0) is 42.0 Å². The first-order valence-electron chi connectivity index (χ1n) is 10.8. The largest absolute Gasteiger partial charge is 0.457 e. The van der Waals surface area contributed by atoms with Crippen molar-refractivity contribution in [2.24, 2.45) is 0 Å². The molecule has 0 saturated carbocycles. The summed E-state index contributed by atoms with van der Waals surface area (Å²) in [5.74, 6) is 0.791. The number of halogens is 1. The first-order valence-corrected chi connectivity index (χ1v) is 12.0. The average molecular weight is 484 g/mol. The lowest BCUT2D eigenvalue weighted by Gasteiger charge is -2.31. The highest BCUT2D eigenvalue weighted by Crippen LogP contribution is 2.45. The van der Waals surface area contributed by atoms with E-state index in [1.807, 2.05) is 78.9 Å². The Morgan fingerprint density at radius 3 is 2.41 bits per heavy atom. The summed E-state index contributed by atoms with van der Waals surface area (Å²) in [5, 5.41) is 1.26. The first kappa shape index (κ1) is 20.8. The van der Waals surface area contributed by atoms with Crippen LogP contribution in [0.3, 0.4) is 0 Å². The molecule has 0 radical (unpaired) electrons. The van der Waals surface area contributed by atoms with Gasteiger partial charge in [-0.25, -0.2) is 4.98 Å². The Labute approximate surface area is 205 Å². The highest BCUT2D eigenvalue weighted by molar-refractivity contribution is 7.22. The molecule has 0 N–H and O–H groups in total. The molecule has 0 fully saturated rings. The first-order chi connectivity index (χ1) is 16.7. The Morgan fingerprint density at radius 1 is 0.971 bits per heavy atom. The van der Waals surface area contributed by atoms with Crippen LogP contribution < -0.4 is 9.64 Å². The number of pyridine rings is 1. The Hall–Kier alpha value is -3.74. The molecule has 7 heteroatoms. The number of anilines is 1. The summed E-state index contributed by atoms with van der Waals surface area (Å²) >= 11 is 7.66. The van der Waals surface area contributed by atoms with Crippen LogP contribution in [0.25, 0.3) is 10.2 Å². The molecule has 0 spiro atoms. The number of fused-ring (bicyclic) bond motifs is 3. The van der Waals surface area contributed by atoms with Gasteiger partial charge in [0.15, 0.2) is 5.13 Å². The Morgan fingerprint density at radius 2 is 1.71 bits per heavy atom. The minimum atomic E-state index is -0.520. The van der Waals surface area contributed by atoms with E-state index < -0.39 is 5.92 Å². The normalized spacial score (nSPS) is 12.6. The van der Waals surface area contributed by atoms with E-state index in [-0.39, 0.29) is 5.91 Å². The van der Waals surface area contributed by atoms with Crippen molar-refractivity contribution < 1.29 is 9.53 Å². The summed E-state index contributed by atoms with van der Waals surface area (Å²) in [6.45, 7) is 0.349. The highest BCUT2D eigenvalue weighted by atomic mass is 35.5. The van der Waals surface area contributed by atoms with Crippen molar-refractivity contribution in [1.29, 1.82) is 0 Å². The van der Waals surface area contributed by atoms with Gasteiger partial charge in [-0.2, -0.15) is 0 Å². The van der Waals surface area contributed by atoms with E-state index in [9.17, 15) is 4.79 Å². The van der Waals surface area contributed by atoms with E-state index >= 15 is 0 Å². The van der Waals surface area contributed by atoms with Gasteiger partial charge in [0.05, 0.1) is 22.7 Å². The second-order valence-corrected chi connectivity index (χ2v) is 9.45. The molecule has 0 bridgehead atoms. The van der Waals surface area contributed by atoms with Gasteiger partial charge in [-0.15, -0.1) is 0 Å². The lowest BCUT2D eigenvalue weighted by atomic mass is 9.87. The number of hydrogen-bond donors (Lipinski definition) is 0. The fourth-order valence-electron chi connectivity index (χ4n) is 4.25. The highest BCUT2D eigenvalue weighted by Gasteiger charge is 2.36. The molecule has 34 heavy (non-hydrogen) atoms. The van der Waals surface area contributed by atoms with Gasteiger partial charge in [0.2, 0.25) is 5.91 Å². The Balaban J connectivity index is 1.49. The van der Waals surface area contributed by atoms with Gasteiger partial charge in [0.1, 0.15) is 11.5 Å². The third-order valence-corrected chi connectivity index (χ3v) is 7.10. The molecule has 2 aromatic heterocycles. The summed E-state index contributed by atoms with van der Waals surface area (Å²) in [6.07, 6.45) is 3.50. The predicted octanol–water partition coefficient (Wildman–Crippen LogP) is 6.82. The van der Waals surface area contributed by atoms with Gasteiger partial charge >= 0.3 is 0 Å². The molecule has 0 unspecified atom stereocenters. The van der Waals surface area contributed by atoms with Crippen LogP contribution in [0.5, 0.6) is 11.5 Å². The van der Waals surface area contributed by atoms with Crippen molar-refractivity contribution >= 4 is 44.2 Å². The van der Waals surface area contributed by atoms with Crippen LogP contribution in [0.4, 0.5) is 5.13 Å². The van der Waals surface area contributed by atoms with Gasteiger partial charge < -0.3 is 4.74 Å². The van der Waals surface area contributed by atoms with E-state index in [1.54, 1.807) is 17.3 Å². The quantitative estimate of drug-likeness (QED) is 0.281. The molecule has 6 rings (SSSR count). The zero-order chi connectivity index (χ0) is 23.1. The molecule has 0 atom stereocenters. The monoisotopic (exact) mass is 483 g/mol. The molecule has 0 saturated heterocycles. The number of amides is 1. The Kier molecular flexibility index (Phi) is 5.24. The minimum Gasteiger partial charge on any atom is -0.457 e. The molecule has 3 heterocycles. The van der Waals surface area contributed by atoms with Crippen molar-refractivity contribution in [1.82, 2.24) is 9.97 Å². The third kappa shape index (κ3) is 3.71. The van der Waals surface area contributed by atoms with Crippen molar-refractivity contribution in [3.05, 3.63) is 113 Å². The minimum absolute atomic E-state index is 0.0720. The molecule has 1 aliphatic rings. The van der Waals surface area contributed by atoms with Gasteiger partial charge in [0.25, 0.3) is 0 Å². The molecule has 0 aliphatic carbocycles. The van der Waals surface area contributed by atoms with Crippen molar-refractivity contribution in [2.75, 3.05) is 4.90 Å². The van der Waals surface area contributed by atoms with Crippen LogP contribution in [-0.4, -0.2) is 15.9 Å². The average Bonchev–Trinajstić information content (AvgIpc) is 3.29. The number of ether oxygens (including phenoxy) is 1. The zero-order valence-electron chi connectivity index (χ0n) is 17.9. The van der Waals surface area contributed by atoms with E-state index in [0.717, 1.165) is 26.9 Å². The lowest BCUT2D eigenvalue weighted by molar-refractivity contribution is -0.119. The number of rotatable bonds is 4. The molecule has 166 valence electrons. The number of hydrogen-bond acceptors (Lipinski definition) is 5. The summed E-state index contributed by atoms with van der Waals surface area (Å²) < 4.78 is 7.04. The fraction of sp³-hybridized carbons (Fsp3) is 0.0741. The number of benzene rings is 3. The summed E-state index contributed by atoms with van der Waals surface area (Å²) in [4.78, 5) is 25.1. The van der Waals surface area contributed by atoms with E-state index in [2.05, 4.69) is 4.98 Å². The van der Waals surface area contributed by atoms with Gasteiger partial charge in [0, 0.05) is 28.5 Å². The smallest absolute Gasteiger partial charge is 0.241 e. The summed E-state index contributed by atoms with van der Waals surface area (Å²) in [5.41, 5.74) is 3.40. The maximum absolute atomic E-state index is 14.4. The topological polar surface area (TPSA) is 55.3 Å². The number of carbonyl (C=O) groups is 1. The van der Waals surface area contributed by atoms with Crippen LogP contribution in [-0.2, 0) is 11.3 Å². The fourth-order valence-corrected chi connectivity index (χ4v) is 5.49. The maximum atomic E-state index is 14.4. The predicted molar refractivity (Wildman–Crippen MR) is 135 cm³/mol. The number of para-hydroxylation sites is 2. The SMILES string of the molecule is O=C(C1c2ccccc2Oc2ccccc21)N(Cc1cccnc1)c1nc2ccc(Cl)cc2s1. The Bertz CT molecular complexity index is 1470. The second kappa shape index (κ2) is 8.56. The number of nitrogens with zero attached hydrogens (tertiary/aromatic N) is 3. The zero-order valence-corrected chi connectivity index (χ0v) is 19.5. The molecule has 3 aromatic carbocycles. The molecule has 1 aliphatic heterocycles.